The number of rotatable bonds is 14. The van der Waals surface area contributed by atoms with Gasteiger partial charge in [0.15, 0.2) is 0 Å². The van der Waals surface area contributed by atoms with Crippen molar-refractivity contribution in [2.45, 2.75) is 27.1 Å². The first kappa shape index (κ1) is 36.9. The average molecular weight is 711 g/mol. The Morgan fingerprint density at radius 3 is 0.981 bits per heavy atom. The topological polar surface area (TPSA) is 59.1 Å². The largest absolute Gasteiger partial charge is 0.458 e. The molecule has 0 radical (unpaired) electrons. The van der Waals surface area contributed by atoms with Crippen LogP contribution in [0.2, 0.25) is 0 Å². The lowest BCUT2D eigenvalue weighted by atomic mass is 10.1. The number of carbonyl (C=O) groups excluding carboxylic acids is 2. The smallest absolute Gasteiger partial charge is 0.330 e. The molecular weight excluding hydrogens is 669 g/mol. The highest BCUT2D eigenvalue weighted by Gasteiger charge is 2.14. The zero-order chi connectivity index (χ0) is 37.9. The second-order valence-electron chi connectivity index (χ2n) is 12.8. The lowest BCUT2D eigenvalue weighted by Crippen LogP contribution is -2.10. The minimum atomic E-state index is -0.443. The Morgan fingerprint density at radius 1 is 0.444 bits per heavy atom. The van der Waals surface area contributed by atoms with E-state index in [0.29, 0.717) is 0 Å². The molecule has 0 amide bonds. The molecule has 6 nitrogen and oxygen atoms in total. The highest BCUT2D eigenvalue weighted by atomic mass is 16.5. The maximum atomic E-state index is 11.5. The lowest BCUT2D eigenvalue weighted by molar-refractivity contribution is -0.139. The van der Waals surface area contributed by atoms with Gasteiger partial charge in [-0.3, -0.25) is 0 Å². The zero-order valence-corrected chi connectivity index (χ0v) is 30.5. The van der Waals surface area contributed by atoms with Gasteiger partial charge in [-0.15, -0.1) is 0 Å². The lowest BCUT2D eigenvalue weighted by Gasteiger charge is -2.26. The number of ether oxygens (including phenoxy) is 2. The van der Waals surface area contributed by atoms with Crippen LogP contribution in [0.1, 0.15) is 33.4 Å². The maximum absolute atomic E-state index is 11.5. The molecule has 0 heterocycles. The molecular formula is C48H42N2O4. The Morgan fingerprint density at radius 2 is 0.704 bits per heavy atom. The first-order valence-corrected chi connectivity index (χ1v) is 17.7. The molecule has 268 valence electrons. The minimum absolute atomic E-state index is 0.191. The highest BCUT2D eigenvalue weighted by Crippen LogP contribution is 2.36. The Kier molecular flexibility index (Phi) is 12.0. The van der Waals surface area contributed by atoms with Crippen LogP contribution in [0.25, 0.3) is 12.2 Å². The van der Waals surface area contributed by atoms with E-state index in [1.165, 1.54) is 23.3 Å². The van der Waals surface area contributed by atoms with Crippen molar-refractivity contribution in [2.24, 2.45) is 0 Å². The summed E-state index contributed by atoms with van der Waals surface area (Å²) in [6, 6.07) is 49.9. The van der Waals surface area contributed by atoms with Crippen molar-refractivity contribution < 1.29 is 19.1 Å². The fourth-order valence-electron chi connectivity index (χ4n) is 5.85. The van der Waals surface area contributed by atoms with Crippen molar-refractivity contribution in [2.75, 3.05) is 9.80 Å². The van der Waals surface area contributed by atoms with Crippen LogP contribution in [0.15, 0.2) is 171 Å². The second-order valence-corrected chi connectivity index (χ2v) is 12.8. The Hall–Kier alpha value is -6.92. The molecule has 54 heavy (non-hydrogen) atoms. The third kappa shape index (κ3) is 9.49. The third-order valence-electron chi connectivity index (χ3n) is 8.84. The van der Waals surface area contributed by atoms with Gasteiger partial charge in [0, 0.05) is 46.3 Å². The minimum Gasteiger partial charge on any atom is -0.458 e. The summed E-state index contributed by atoms with van der Waals surface area (Å²) in [6.07, 6.45) is 6.57. The molecule has 6 aromatic rings. The van der Waals surface area contributed by atoms with Crippen molar-refractivity contribution in [3.63, 3.8) is 0 Å². The van der Waals surface area contributed by atoms with Crippen molar-refractivity contribution >= 4 is 58.2 Å². The zero-order valence-electron chi connectivity index (χ0n) is 30.5. The summed E-state index contributed by atoms with van der Waals surface area (Å²) < 4.78 is 10.4. The summed E-state index contributed by atoms with van der Waals surface area (Å²) in [4.78, 5) is 27.5. The maximum Gasteiger partial charge on any atom is 0.330 e. The highest BCUT2D eigenvalue weighted by molar-refractivity contribution is 5.82. The summed E-state index contributed by atoms with van der Waals surface area (Å²) >= 11 is 0. The van der Waals surface area contributed by atoms with Gasteiger partial charge >= 0.3 is 11.9 Å². The van der Waals surface area contributed by atoms with Gasteiger partial charge in [0.2, 0.25) is 0 Å². The predicted molar refractivity (Wildman–Crippen MR) is 221 cm³/mol. The van der Waals surface area contributed by atoms with Gasteiger partial charge in [-0.1, -0.05) is 109 Å². The van der Waals surface area contributed by atoms with Gasteiger partial charge in [-0.25, -0.2) is 9.59 Å². The molecule has 6 heteroatoms. The van der Waals surface area contributed by atoms with Gasteiger partial charge in [-0.05, 0) is 109 Å². The van der Waals surface area contributed by atoms with E-state index in [1.807, 2.05) is 48.5 Å². The van der Waals surface area contributed by atoms with Crippen molar-refractivity contribution in [1.29, 1.82) is 0 Å². The fraction of sp³-hybridized carbons (Fsp3) is 0.0833. The molecule has 0 unspecified atom stereocenters. The molecule has 0 aliphatic heterocycles. The quantitative estimate of drug-likeness (QED) is 0.0637. The fourth-order valence-corrected chi connectivity index (χ4v) is 5.85. The van der Waals surface area contributed by atoms with Gasteiger partial charge in [0.25, 0.3) is 0 Å². The van der Waals surface area contributed by atoms with Crippen LogP contribution in [0, 0.1) is 13.8 Å². The molecule has 0 spiro atoms. The molecule has 0 bridgehead atoms. The van der Waals surface area contributed by atoms with Crippen LogP contribution in [-0.2, 0) is 32.3 Å². The molecule has 6 aromatic carbocycles. The summed E-state index contributed by atoms with van der Waals surface area (Å²) in [5.74, 6) is -0.885. The number of anilines is 6. The molecule has 0 N–H and O–H groups in total. The van der Waals surface area contributed by atoms with Gasteiger partial charge in [0.1, 0.15) is 13.2 Å². The number of carbonyl (C=O) groups is 2. The van der Waals surface area contributed by atoms with E-state index < -0.39 is 11.9 Å². The predicted octanol–water partition coefficient (Wildman–Crippen LogP) is 11.9. The third-order valence-corrected chi connectivity index (χ3v) is 8.84. The molecule has 0 aliphatic rings. The molecule has 0 aliphatic carbocycles. The van der Waals surface area contributed by atoms with Gasteiger partial charge in [-0.2, -0.15) is 0 Å². The number of esters is 2. The van der Waals surface area contributed by atoms with Gasteiger partial charge < -0.3 is 19.3 Å². The molecule has 0 fully saturated rings. The Labute approximate surface area is 317 Å². The Bertz CT molecular complexity index is 2060. The van der Waals surface area contributed by atoms with E-state index in [9.17, 15) is 9.59 Å². The Balaban J connectivity index is 1.20. The van der Waals surface area contributed by atoms with E-state index in [4.69, 9.17) is 9.47 Å². The number of hydrogen-bond acceptors (Lipinski definition) is 6. The van der Waals surface area contributed by atoms with Crippen LogP contribution in [0.5, 0.6) is 0 Å². The number of benzene rings is 6. The van der Waals surface area contributed by atoms with Crippen LogP contribution < -0.4 is 9.80 Å². The first-order valence-electron chi connectivity index (χ1n) is 17.7. The average Bonchev–Trinajstić information content (AvgIpc) is 3.21. The molecule has 0 saturated heterocycles. The van der Waals surface area contributed by atoms with Crippen molar-refractivity contribution in [3.05, 3.63) is 204 Å². The first-order chi connectivity index (χ1) is 26.3. The summed E-state index contributed by atoms with van der Waals surface area (Å²) in [5, 5.41) is 0. The van der Waals surface area contributed by atoms with E-state index in [0.717, 1.165) is 56.4 Å². The standard InChI is InChI=1S/C48H42N2O4/c1-5-47(51)53-33-39-17-29-45(30-18-39)49(41-21-7-35(3)8-22-41)43-25-13-37(14-26-43)11-12-38-15-27-44(28-16-38)50(42-23-9-36(4)10-24-42)46-31-19-40(20-32-46)34-54-48(52)6-2/h5-32H,1-2,33-34H2,3-4H3/b12-11+. The second kappa shape index (κ2) is 17.5. The van der Waals surface area contributed by atoms with E-state index >= 15 is 0 Å². The molecule has 6 rings (SSSR count). The van der Waals surface area contributed by atoms with Crippen LogP contribution in [-0.4, -0.2) is 11.9 Å². The van der Waals surface area contributed by atoms with E-state index in [1.54, 1.807) is 0 Å². The van der Waals surface area contributed by atoms with Gasteiger partial charge in [0.05, 0.1) is 0 Å². The number of nitrogens with zero attached hydrogens (tertiary/aromatic N) is 2. The molecule has 0 aromatic heterocycles. The molecule has 0 saturated carbocycles. The monoisotopic (exact) mass is 710 g/mol. The van der Waals surface area contributed by atoms with E-state index in [2.05, 4.69) is 146 Å². The van der Waals surface area contributed by atoms with E-state index in [-0.39, 0.29) is 13.2 Å². The summed E-state index contributed by atoms with van der Waals surface area (Å²) in [7, 11) is 0. The van der Waals surface area contributed by atoms with Crippen LogP contribution >= 0.6 is 0 Å². The normalized spacial score (nSPS) is 10.8. The van der Waals surface area contributed by atoms with Crippen LogP contribution in [0.4, 0.5) is 34.1 Å². The number of hydrogen-bond donors (Lipinski definition) is 0. The van der Waals surface area contributed by atoms with Crippen molar-refractivity contribution in [1.82, 2.24) is 0 Å². The van der Waals surface area contributed by atoms with Crippen LogP contribution in [0.3, 0.4) is 0 Å². The molecule has 0 atom stereocenters. The SMILES string of the molecule is C=CC(=O)OCc1ccc(N(c2ccc(C)cc2)c2ccc(/C=C/c3ccc(N(c4ccc(C)cc4)c4ccc(COC(=O)C=C)cc4)cc3)cc2)cc1. The van der Waals surface area contributed by atoms with Crippen molar-refractivity contribution in [3.8, 4) is 0 Å². The summed E-state index contributed by atoms with van der Waals surface area (Å²) in [6.45, 7) is 11.5. The summed E-state index contributed by atoms with van der Waals surface area (Å²) in [5.41, 5.74) is 12.4. The number of aryl methyl sites for hydroxylation is 2.